The fourth-order valence-corrected chi connectivity index (χ4v) is 2.35. The summed E-state index contributed by atoms with van der Waals surface area (Å²) in [7, 11) is 2.95. The van der Waals surface area contributed by atoms with Crippen LogP contribution in [-0.4, -0.2) is 25.1 Å². The number of carbonyl (C=O) groups is 1. The van der Waals surface area contributed by atoms with Crippen molar-refractivity contribution in [1.29, 1.82) is 0 Å². The molecule has 0 saturated carbocycles. The number of aryl methyl sites for hydroxylation is 1. The van der Waals surface area contributed by atoms with Crippen LogP contribution >= 0.6 is 11.6 Å². The van der Waals surface area contributed by atoms with Crippen molar-refractivity contribution < 1.29 is 19.2 Å². The van der Waals surface area contributed by atoms with Gasteiger partial charge in [-0.1, -0.05) is 11.6 Å². The largest absolute Gasteiger partial charge is 0.493 e. The lowest BCUT2D eigenvalue weighted by Gasteiger charge is -2.13. The molecule has 2 aromatic carbocycles. The molecule has 0 heterocycles. The minimum Gasteiger partial charge on any atom is -0.493 e. The first-order chi connectivity index (χ1) is 11.4. The van der Waals surface area contributed by atoms with Crippen LogP contribution in [0.1, 0.15) is 15.9 Å². The maximum atomic E-state index is 12.3. The molecule has 0 atom stereocenters. The summed E-state index contributed by atoms with van der Waals surface area (Å²) in [6.07, 6.45) is 0. The van der Waals surface area contributed by atoms with Crippen LogP contribution in [0.3, 0.4) is 0 Å². The quantitative estimate of drug-likeness (QED) is 0.653. The van der Waals surface area contributed by atoms with Crippen molar-refractivity contribution in [3.63, 3.8) is 0 Å². The third-order valence-corrected chi connectivity index (χ3v) is 3.69. The van der Waals surface area contributed by atoms with E-state index in [9.17, 15) is 14.9 Å². The molecular formula is C16H15ClN2O5. The van der Waals surface area contributed by atoms with Gasteiger partial charge in [0, 0.05) is 29.3 Å². The smallest absolute Gasteiger partial charge is 0.272 e. The van der Waals surface area contributed by atoms with E-state index in [-0.39, 0.29) is 16.3 Å². The van der Waals surface area contributed by atoms with E-state index in [1.807, 2.05) is 0 Å². The van der Waals surface area contributed by atoms with Crippen molar-refractivity contribution in [2.24, 2.45) is 0 Å². The molecule has 1 amide bonds. The molecule has 7 nitrogen and oxygen atoms in total. The molecule has 0 radical (unpaired) electrons. The summed E-state index contributed by atoms with van der Waals surface area (Å²) >= 11 is 6.13. The number of hydrogen-bond donors (Lipinski definition) is 1. The second kappa shape index (κ2) is 7.18. The number of rotatable bonds is 5. The Kier molecular flexibility index (Phi) is 5.25. The van der Waals surface area contributed by atoms with Gasteiger partial charge < -0.3 is 14.8 Å². The van der Waals surface area contributed by atoms with Gasteiger partial charge in [-0.05, 0) is 19.1 Å². The molecule has 0 unspecified atom stereocenters. The first-order valence-corrected chi connectivity index (χ1v) is 7.23. The molecule has 0 bridgehead atoms. The standard InChI is InChI=1S/C16H15ClN2O5/c1-9-6-10(4-5-13(9)19(21)22)16(20)18-12-8-15(24-3)14(23-2)7-11(12)17/h4-8H,1-3H3,(H,18,20). The van der Waals surface area contributed by atoms with E-state index < -0.39 is 10.8 Å². The minimum atomic E-state index is -0.498. The highest BCUT2D eigenvalue weighted by Crippen LogP contribution is 2.36. The molecular weight excluding hydrogens is 336 g/mol. The van der Waals surface area contributed by atoms with Gasteiger partial charge in [0.25, 0.3) is 11.6 Å². The molecule has 126 valence electrons. The zero-order valence-corrected chi connectivity index (χ0v) is 14.0. The van der Waals surface area contributed by atoms with Crippen LogP contribution in [0.2, 0.25) is 5.02 Å². The summed E-state index contributed by atoms with van der Waals surface area (Å²) in [5.41, 5.74) is 0.973. The molecule has 0 aliphatic rings. The Morgan fingerprint density at radius 1 is 1.17 bits per heavy atom. The highest BCUT2D eigenvalue weighted by atomic mass is 35.5. The third kappa shape index (κ3) is 3.57. The Labute approximate surface area is 143 Å². The SMILES string of the molecule is COc1cc(Cl)c(NC(=O)c2ccc([N+](=O)[O-])c(C)c2)cc1OC. The van der Waals surface area contributed by atoms with Crippen LogP contribution in [0.4, 0.5) is 11.4 Å². The van der Waals surface area contributed by atoms with Gasteiger partial charge in [-0.25, -0.2) is 0 Å². The second-order valence-electron chi connectivity index (χ2n) is 4.90. The average molecular weight is 351 g/mol. The van der Waals surface area contributed by atoms with E-state index in [0.717, 1.165) is 0 Å². The second-order valence-corrected chi connectivity index (χ2v) is 5.31. The van der Waals surface area contributed by atoms with Gasteiger partial charge in [-0.2, -0.15) is 0 Å². The van der Waals surface area contributed by atoms with Crippen LogP contribution in [0.15, 0.2) is 30.3 Å². The molecule has 0 aliphatic heterocycles. The predicted octanol–water partition coefficient (Wildman–Crippen LogP) is 3.83. The number of nitro benzene ring substituents is 1. The maximum Gasteiger partial charge on any atom is 0.272 e. The lowest BCUT2D eigenvalue weighted by molar-refractivity contribution is -0.385. The highest BCUT2D eigenvalue weighted by Gasteiger charge is 2.16. The Hall–Kier alpha value is -2.80. The van der Waals surface area contributed by atoms with Crippen LogP contribution < -0.4 is 14.8 Å². The third-order valence-electron chi connectivity index (χ3n) is 3.38. The highest BCUT2D eigenvalue weighted by molar-refractivity contribution is 6.34. The first kappa shape index (κ1) is 17.6. The molecule has 2 rings (SSSR count). The monoisotopic (exact) mass is 350 g/mol. The predicted molar refractivity (Wildman–Crippen MR) is 90.3 cm³/mol. The summed E-state index contributed by atoms with van der Waals surface area (Å²) in [4.78, 5) is 22.7. The minimum absolute atomic E-state index is 0.0456. The van der Waals surface area contributed by atoms with Crippen molar-refractivity contribution in [3.05, 3.63) is 56.6 Å². The lowest BCUT2D eigenvalue weighted by atomic mass is 10.1. The summed E-state index contributed by atoms with van der Waals surface area (Å²) < 4.78 is 10.3. The number of ether oxygens (including phenoxy) is 2. The molecule has 0 aromatic heterocycles. The normalized spacial score (nSPS) is 10.2. The molecule has 0 aliphatic carbocycles. The lowest BCUT2D eigenvalue weighted by Crippen LogP contribution is -2.13. The average Bonchev–Trinajstić information content (AvgIpc) is 2.55. The number of halogens is 1. The fourth-order valence-electron chi connectivity index (χ4n) is 2.15. The molecule has 0 saturated heterocycles. The molecule has 0 fully saturated rings. The van der Waals surface area contributed by atoms with E-state index in [0.29, 0.717) is 22.7 Å². The number of methoxy groups -OCH3 is 2. The Bertz CT molecular complexity index is 807. The molecule has 2 aromatic rings. The van der Waals surface area contributed by atoms with Crippen LogP contribution in [-0.2, 0) is 0 Å². The maximum absolute atomic E-state index is 12.3. The summed E-state index contributed by atoms with van der Waals surface area (Å²) in [5, 5.41) is 13.8. The number of nitrogens with one attached hydrogen (secondary N) is 1. The molecule has 1 N–H and O–H groups in total. The van der Waals surface area contributed by atoms with Gasteiger partial charge in [0.1, 0.15) is 0 Å². The zero-order chi connectivity index (χ0) is 17.9. The Morgan fingerprint density at radius 3 is 2.33 bits per heavy atom. The number of amides is 1. The molecule has 8 heteroatoms. The van der Waals surface area contributed by atoms with Crippen molar-refractivity contribution in [3.8, 4) is 11.5 Å². The van der Waals surface area contributed by atoms with Crippen LogP contribution in [0.5, 0.6) is 11.5 Å². The number of nitrogens with zero attached hydrogens (tertiary/aromatic N) is 1. The Balaban J connectivity index is 2.30. The molecule has 0 spiro atoms. The van der Waals surface area contributed by atoms with E-state index in [4.69, 9.17) is 21.1 Å². The number of nitro groups is 1. The topological polar surface area (TPSA) is 90.7 Å². The summed E-state index contributed by atoms with van der Waals surface area (Å²) in [6.45, 7) is 1.57. The van der Waals surface area contributed by atoms with Crippen molar-refractivity contribution in [2.75, 3.05) is 19.5 Å². The van der Waals surface area contributed by atoms with Gasteiger partial charge in [-0.15, -0.1) is 0 Å². The summed E-state index contributed by atoms with van der Waals surface area (Å²) in [5.74, 6) is 0.408. The van der Waals surface area contributed by atoms with Gasteiger partial charge in [0.15, 0.2) is 11.5 Å². The van der Waals surface area contributed by atoms with Crippen molar-refractivity contribution in [2.45, 2.75) is 6.92 Å². The van der Waals surface area contributed by atoms with Crippen molar-refractivity contribution in [1.82, 2.24) is 0 Å². The van der Waals surface area contributed by atoms with Gasteiger partial charge in [-0.3, -0.25) is 14.9 Å². The summed E-state index contributed by atoms with van der Waals surface area (Å²) in [6, 6.07) is 7.19. The Morgan fingerprint density at radius 2 is 1.79 bits per heavy atom. The van der Waals surface area contributed by atoms with E-state index in [2.05, 4.69) is 5.32 Å². The fraction of sp³-hybridized carbons (Fsp3) is 0.188. The van der Waals surface area contributed by atoms with Crippen LogP contribution in [0.25, 0.3) is 0 Å². The number of anilines is 1. The van der Waals surface area contributed by atoms with Crippen LogP contribution in [0, 0.1) is 17.0 Å². The van der Waals surface area contributed by atoms with E-state index in [1.165, 1.54) is 44.6 Å². The van der Waals surface area contributed by atoms with Gasteiger partial charge >= 0.3 is 0 Å². The van der Waals surface area contributed by atoms with Gasteiger partial charge in [0.05, 0.1) is 29.9 Å². The number of carbonyl (C=O) groups excluding carboxylic acids is 1. The molecule has 24 heavy (non-hydrogen) atoms. The first-order valence-electron chi connectivity index (χ1n) is 6.85. The zero-order valence-electron chi connectivity index (χ0n) is 13.3. The van der Waals surface area contributed by atoms with E-state index >= 15 is 0 Å². The van der Waals surface area contributed by atoms with E-state index in [1.54, 1.807) is 6.92 Å². The van der Waals surface area contributed by atoms with Gasteiger partial charge in [0.2, 0.25) is 0 Å². The van der Waals surface area contributed by atoms with Crippen molar-refractivity contribution >= 4 is 28.9 Å². The number of hydrogen-bond acceptors (Lipinski definition) is 5. The number of benzene rings is 2.